The van der Waals surface area contributed by atoms with E-state index in [9.17, 15) is 0 Å². The van der Waals surface area contributed by atoms with Gasteiger partial charge in [0, 0.05) is 11.1 Å². The van der Waals surface area contributed by atoms with Gasteiger partial charge in [0.05, 0.1) is 0 Å². The maximum absolute atomic E-state index is 3.90. The maximum Gasteiger partial charge on any atom is 0.0297 e. The van der Waals surface area contributed by atoms with Crippen LogP contribution in [0.1, 0.15) is 91.9 Å². The Labute approximate surface area is 157 Å². The van der Waals surface area contributed by atoms with Crippen LogP contribution in [0.5, 0.6) is 0 Å². The topological polar surface area (TPSA) is 0 Å². The van der Waals surface area contributed by atoms with Gasteiger partial charge in [0.1, 0.15) is 0 Å². The molecule has 0 heteroatoms. The molecule has 0 aromatic carbocycles. The molecule has 2 fully saturated rings. The lowest BCUT2D eigenvalue weighted by molar-refractivity contribution is 0.385. The van der Waals surface area contributed by atoms with Crippen molar-refractivity contribution in [3.05, 3.63) is 53.6 Å². The van der Waals surface area contributed by atoms with Crippen molar-refractivity contribution in [3.8, 4) is 0 Å². The van der Waals surface area contributed by atoms with Crippen LogP contribution in [-0.2, 0) is 0 Å². The Hall–Kier alpha value is -1.44. The van der Waals surface area contributed by atoms with E-state index in [1.165, 1.54) is 57.8 Å². The molecule has 0 spiro atoms. The Bertz CT molecular complexity index is 502. The SMILES string of the molecule is C=C=C=C(C)C(=C=C)C(=C)CC.CC1CCCC1.CC1CCCCC1. The predicted molar refractivity (Wildman–Crippen MR) is 114 cm³/mol. The standard InChI is InChI=1S/C12H14.C7H14.C6H12/c1-6-9-11(5)12(8-3)10(4)7-2;1-7-5-3-2-4-6-7;1-6-4-2-3-5-6/h1,3-4,7H2,2,5H3;7H,2-6H2,1H3;6H,2-5H2,1H3. The van der Waals surface area contributed by atoms with Gasteiger partial charge in [-0.3, -0.25) is 0 Å². The smallest absolute Gasteiger partial charge is 0.0297 e. The van der Waals surface area contributed by atoms with Gasteiger partial charge < -0.3 is 0 Å². The zero-order valence-corrected chi connectivity index (χ0v) is 17.3. The second kappa shape index (κ2) is 14.9. The van der Waals surface area contributed by atoms with E-state index in [0.717, 1.165) is 35.0 Å². The molecule has 0 aliphatic heterocycles. The normalized spacial score (nSPS) is 16.8. The summed E-state index contributed by atoms with van der Waals surface area (Å²) in [6, 6.07) is 0. The van der Waals surface area contributed by atoms with E-state index in [1.54, 1.807) is 0 Å². The Morgan fingerprint density at radius 3 is 1.56 bits per heavy atom. The van der Waals surface area contributed by atoms with E-state index in [4.69, 9.17) is 0 Å². The highest BCUT2D eigenvalue weighted by Crippen LogP contribution is 2.23. The van der Waals surface area contributed by atoms with Gasteiger partial charge in [-0.25, -0.2) is 0 Å². The van der Waals surface area contributed by atoms with Crippen molar-refractivity contribution >= 4 is 0 Å². The molecule has 0 N–H and O–H groups in total. The quantitative estimate of drug-likeness (QED) is 0.358. The third kappa shape index (κ3) is 11.7. The third-order valence-electron chi connectivity index (χ3n) is 5.15. The molecule has 0 radical (unpaired) electrons. The Balaban J connectivity index is 0.000000372. The fourth-order valence-electron chi connectivity index (χ4n) is 3.33. The van der Waals surface area contributed by atoms with Gasteiger partial charge in [0.2, 0.25) is 0 Å². The van der Waals surface area contributed by atoms with E-state index >= 15 is 0 Å². The molecule has 0 aromatic heterocycles. The second-order valence-corrected chi connectivity index (χ2v) is 7.57. The average Bonchev–Trinajstić information content (AvgIpc) is 3.08. The number of hydrogen-bond donors (Lipinski definition) is 0. The molecule has 0 nitrogen and oxygen atoms in total. The summed E-state index contributed by atoms with van der Waals surface area (Å²) in [6.07, 6.45) is 14.3. The van der Waals surface area contributed by atoms with Gasteiger partial charge in [-0.2, -0.15) is 0 Å². The summed E-state index contributed by atoms with van der Waals surface area (Å²) >= 11 is 0. The first-order valence-electron chi connectivity index (χ1n) is 10.2. The first kappa shape index (κ1) is 23.6. The average molecular weight is 341 g/mol. The van der Waals surface area contributed by atoms with Crippen LogP contribution >= 0.6 is 0 Å². The molecule has 2 rings (SSSR count). The summed E-state index contributed by atoms with van der Waals surface area (Å²) in [6.45, 7) is 19.6. The van der Waals surface area contributed by atoms with E-state index in [2.05, 4.69) is 50.8 Å². The van der Waals surface area contributed by atoms with Crippen LogP contribution in [0.25, 0.3) is 0 Å². The summed E-state index contributed by atoms with van der Waals surface area (Å²) in [4.78, 5) is 0. The molecular weight excluding hydrogens is 300 g/mol. The molecule has 140 valence electrons. The lowest BCUT2D eigenvalue weighted by atomic mass is 9.91. The highest BCUT2D eigenvalue weighted by atomic mass is 14.1. The molecule has 0 bridgehead atoms. The minimum Gasteiger partial charge on any atom is -0.120 e. The highest BCUT2D eigenvalue weighted by Gasteiger charge is 2.07. The van der Waals surface area contributed by atoms with Crippen LogP contribution in [-0.4, -0.2) is 0 Å². The van der Waals surface area contributed by atoms with Gasteiger partial charge in [-0.15, -0.1) is 5.73 Å². The zero-order chi connectivity index (χ0) is 19.1. The van der Waals surface area contributed by atoms with Crippen molar-refractivity contribution in [3.63, 3.8) is 0 Å². The molecular formula is C25H40. The van der Waals surface area contributed by atoms with Crippen molar-refractivity contribution in [2.24, 2.45) is 11.8 Å². The monoisotopic (exact) mass is 340 g/mol. The van der Waals surface area contributed by atoms with Crippen LogP contribution in [0, 0.1) is 11.8 Å². The van der Waals surface area contributed by atoms with E-state index < -0.39 is 0 Å². The van der Waals surface area contributed by atoms with Gasteiger partial charge in [-0.1, -0.05) is 103 Å². The molecule has 0 unspecified atom stereocenters. The van der Waals surface area contributed by atoms with Crippen LogP contribution in [0.3, 0.4) is 0 Å². The van der Waals surface area contributed by atoms with Gasteiger partial charge in [-0.05, 0) is 37.3 Å². The zero-order valence-electron chi connectivity index (χ0n) is 17.3. The van der Waals surface area contributed by atoms with Crippen LogP contribution in [0.4, 0.5) is 0 Å². The fourth-order valence-corrected chi connectivity index (χ4v) is 3.33. The summed E-state index contributed by atoms with van der Waals surface area (Å²) in [5.74, 6) is 2.08. The Kier molecular flexibility index (Phi) is 14.0. The molecule has 2 aliphatic carbocycles. The maximum atomic E-state index is 3.90. The Morgan fingerprint density at radius 1 is 0.880 bits per heavy atom. The van der Waals surface area contributed by atoms with Gasteiger partial charge in [0.15, 0.2) is 0 Å². The molecule has 2 aliphatic rings. The lowest BCUT2D eigenvalue weighted by Crippen LogP contribution is -1.99. The third-order valence-corrected chi connectivity index (χ3v) is 5.15. The first-order chi connectivity index (χ1) is 12.0. The largest absolute Gasteiger partial charge is 0.120 e. The van der Waals surface area contributed by atoms with Crippen molar-refractivity contribution in [2.45, 2.75) is 91.9 Å². The minimum atomic E-state index is 0.897. The van der Waals surface area contributed by atoms with Crippen LogP contribution in [0.15, 0.2) is 53.6 Å². The highest BCUT2D eigenvalue weighted by molar-refractivity contribution is 5.42. The van der Waals surface area contributed by atoms with Crippen molar-refractivity contribution in [2.75, 3.05) is 0 Å². The van der Waals surface area contributed by atoms with Crippen LogP contribution in [0.2, 0.25) is 0 Å². The number of hydrogen-bond acceptors (Lipinski definition) is 0. The van der Waals surface area contributed by atoms with E-state index in [1.807, 2.05) is 13.8 Å². The molecule has 0 amide bonds. The Morgan fingerprint density at radius 2 is 1.32 bits per heavy atom. The summed E-state index contributed by atoms with van der Waals surface area (Å²) < 4.78 is 0. The van der Waals surface area contributed by atoms with Crippen molar-refractivity contribution < 1.29 is 0 Å². The van der Waals surface area contributed by atoms with Crippen LogP contribution < -0.4 is 0 Å². The molecule has 0 aromatic rings. The fraction of sp³-hybridized carbons (Fsp3) is 0.640. The van der Waals surface area contributed by atoms with E-state index in [-0.39, 0.29) is 0 Å². The predicted octanol–water partition coefficient (Wildman–Crippen LogP) is 8.33. The van der Waals surface area contributed by atoms with Crippen molar-refractivity contribution in [1.29, 1.82) is 0 Å². The summed E-state index contributed by atoms with van der Waals surface area (Å²) in [7, 11) is 0. The van der Waals surface area contributed by atoms with Crippen molar-refractivity contribution in [1.82, 2.24) is 0 Å². The molecule has 0 saturated heterocycles. The minimum absolute atomic E-state index is 0.897. The number of allylic oxidation sites excluding steroid dienone is 3. The molecule has 0 heterocycles. The summed E-state index contributed by atoms with van der Waals surface area (Å²) in [5, 5.41) is 0. The van der Waals surface area contributed by atoms with Gasteiger partial charge in [0.25, 0.3) is 0 Å². The second-order valence-electron chi connectivity index (χ2n) is 7.57. The summed E-state index contributed by atoms with van der Waals surface area (Å²) in [5.41, 5.74) is 11.2. The molecule has 25 heavy (non-hydrogen) atoms. The lowest BCUT2D eigenvalue weighted by Gasteiger charge is -2.15. The molecule has 0 atom stereocenters. The van der Waals surface area contributed by atoms with Gasteiger partial charge >= 0.3 is 0 Å². The van der Waals surface area contributed by atoms with E-state index in [0.29, 0.717) is 0 Å². The first-order valence-corrected chi connectivity index (χ1v) is 10.2. The molecule has 2 saturated carbocycles. The number of rotatable bonds is 3.